The van der Waals surface area contributed by atoms with E-state index in [0.717, 1.165) is 32.1 Å². The molecule has 4 rings (SSSR count). The standard InChI is InChI=1S/C19H14F6O4S2/c1-15-6-9(14(27)29-4)30-12(15)11-10(17(20,21)19(24,25)18(11,22)23)7-5-8(13(26)28-3)31-16(7,15)2/h5-6H,1-4H3/t15-,16-/m1/s1. The van der Waals surface area contributed by atoms with Gasteiger partial charge in [-0.05, 0) is 25.5 Å². The highest BCUT2D eigenvalue weighted by molar-refractivity contribution is 8.08. The monoisotopic (exact) mass is 484 g/mol. The van der Waals surface area contributed by atoms with E-state index in [1.165, 1.54) is 19.9 Å². The van der Waals surface area contributed by atoms with Gasteiger partial charge in [-0.2, -0.15) is 26.3 Å². The van der Waals surface area contributed by atoms with Crippen LogP contribution in [0, 0.1) is 5.41 Å². The maximum absolute atomic E-state index is 14.9. The summed E-state index contributed by atoms with van der Waals surface area (Å²) in [4.78, 5) is 23.3. The van der Waals surface area contributed by atoms with Crippen LogP contribution in [0.5, 0.6) is 0 Å². The summed E-state index contributed by atoms with van der Waals surface area (Å²) in [7, 11) is 2.08. The molecule has 1 fully saturated rings. The van der Waals surface area contributed by atoms with Crippen LogP contribution < -0.4 is 0 Å². The maximum Gasteiger partial charge on any atom is 0.380 e. The summed E-state index contributed by atoms with van der Waals surface area (Å²) >= 11 is 1.14. The SMILES string of the molecule is COC(=O)C1=C[C@]2(C)C(=C3C(=C4C=C(C(=O)OC)S[C@]42C)C(F)(F)C(F)(F)C3(F)F)S1. The van der Waals surface area contributed by atoms with Crippen LogP contribution >= 0.6 is 23.5 Å². The highest BCUT2D eigenvalue weighted by Crippen LogP contribution is 2.75. The van der Waals surface area contributed by atoms with Crippen molar-refractivity contribution in [3.05, 3.63) is 43.6 Å². The Hall–Kier alpha value is -1.82. The van der Waals surface area contributed by atoms with E-state index in [4.69, 9.17) is 0 Å². The van der Waals surface area contributed by atoms with Gasteiger partial charge in [0.05, 0.1) is 28.8 Å². The predicted octanol–water partition coefficient (Wildman–Crippen LogP) is 4.84. The molecule has 0 saturated heterocycles. The van der Waals surface area contributed by atoms with Crippen molar-refractivity contribution in [3.63, 3.8) is 0 Å². The van der Waals surface area contributed by atoms with Crippen LogP contribution in [0.1, 0.15) is 13.8 Å². The molecule has 2 heterocycles. The van der Waals surface area contributed by atoms with Crippen LogP contribution in [0.2, 0.25) is 0 Å². The van der Waals surface area contributed by atoms with Gasteiger partial charge >= 0.3 is 29.7 Å². The Morgan fingerprint density at radius 2 is 1.39 bits per heavy atom. The smallest absolute Gasteiger partial charge is 0.380 e. The van der Waals surface area contributed by atoms with Crippen LogP contribution in [0.4, 0.5) is 26.3 Å². The number of thioether (sulfide) groups is 2. The molecule has 0 unspecified atom stereocenters. The average molecular weight is 484 g/mol. The lowest BCUT2D eigenvalue weighted by Crippen LogP contribution is -2.47. The molecule has 168 valence electrons. The number of hydrogen-bond acceptors (Lipinski definition) is 6. The third kappa shape index (κ3) is 2.32. The first-order valence-corrected chi connectivity index (χ1v) is 10.4. The highest BCUT2D eigenvalue weighted by Gasteiger charge is 2.84. The molecule has 12 heteroatoms. The van der Waals surface area contributed by atoms with Gasteiger partial charge in [0.25, 0.3) is 0 Å². The molecular weight excluding hydrogens is 470 g/mol. The molecule has 0 aromatic carbocycles. The van der Waals surface area contributed by atoms with Crippen molar-refractivity contribution in [2.45, 2.75) is 36.4 Å². The zero-order valence-electron chi connectivity index (χ0n) is 16.4. The Kier molecular flexibility index (Phi) is 4.44. The molecular formula is C19H14F6O4S2. The molecule has 2 aliphatic heterocycles. The minimum Gasteiger partial charge on any atom is -0.465 e. The molecule has 1 saturated carbocycles. The van der Waals surface area contributed by atoms with Crippen molar-refractivity contribution >= 4 is 35.5 Å². The number of halogens is 6. The maximum atomic E-state index is 14.9. The summed E-state index contributed by atoms with van der Waals surface area (Å²) in [6.07, 6.45) is 2.14. The van der Waals surface area contributed by atoms with Crippen molar-refractivity contribution in [2.75, 3.05) is 14.2 Å². The fourth-order valence-electron chi connectivity index (χ4n) is 4.30. The van der Waals surface area contributed by atoms with Gasteiger partial charge in [-0.15, -0.1) is 11.8 Å². The molecule has 0 radical (unpaired) electrons. The van der Waals surface area contributed by atoms with Crippen LogP contribution in [-0.4, -0.2) is 48.7 Å². The minimum absolute atomic E-state index is 0.198. The van der Waals surface area contributed by atoms with Crippen LogP contribution in [-0.2, 0) is 19.1 Å². The summed E-state index contributed by atoms with van der Waals surface area (Å²) in [6.45, 7) is 2.76. The lowest BCUT2D eigenvalue weighted by atomic mass is 9.66. The first-order chi connectivity index (χ1) is 14.1. The summed E-state index contributed by atoms with van der Waals surface area (Å²) in [5, 5.41) is 0. The summed E-state index contributed by atoms with van der Waals surface area (Å²) < 4.78 is 96.0. The molecule has 0 aromatic heterocycles. The Labute approximate surface area is 180 Å². The highest BCUT2D eigenvalue weighted by atomic mass is 32.2. The Morgan fingerprint density at radius 3 is 1.94 bits per heavy atom. The van der Waals surface area contributed by atoms with Crippen molar-refractivity contribution in [1.82, 2.24) is 0 Å². The topological polar surface area (TPSA) is 52.6 Å². The minimum atomic E-state index is -5.71. The number of fused-ring (bicyclic) bond motifs is 4. The van der Waals surface area contributed by atoms with Crippen molar-refractivity contribution in [3.8, 4) is 0 Å². The number of hydrogen-bond donors (Lipinski definition) is 0. The van der Waals surface area contributed by atoms with Gasteiger partial charge in [0, 0.05) is 21.5 Å². The van der Waals surface area contributed by atoms with Gasteiger partial charge < -0.3 is 9.47 Å². The Balaban J connectivity index is 2.12. The molecule has 0 spiro atoms. The van der Waals surface area contributed by atoms with Gasteiger partial charge in [0.2, 0.25) is 0 Å². The summed E-state index contributed by atoms with van der Waals surface area (Å²) in [5.74, 6) is -18.0. The van der Waals surface area contributed by atoms with E-state index >= 15 is 0 Å². The number of allylic oxidation sites excluding steroid dienone is 5. The number of alkyl halides is 6. The van der Waals surface area contributed by atoms with E-state index in [9.17, 15) is 35.9 Å². The molecule has 0 bridgehead atoms. The van der Waals surface area contributed by atoms with Crippen LogP contribution in [0.25, 0.3) is 0 Å². The first-order valence-electron chi connectivity index (χ1n) is 8.74. The van der Waals surface area contributed by atoms with E-state index in [2.05, 4.69) is 9.47 Å². The van der Waals surface area contributed by atoms with Crippen molar-refractivity contribution in [1.29, 1.82) is 0 Å². The fraction of sp³-hybridized carbons (Fsp3) is 0.474. The molecule has 0 amide bonds. The number of carbonyl (C=O) groups excluding carboxylic acids is 2. The predicted molar refractivity (Wildman–Crippen MR) is 101 cm³/mol. The number of methoxy groups -OCH3 is 2. The normalized spacial score (nSPS) is 34.0. The van der Waals surface area contributed by atoms with Gasteiger partial charge in [-0.25, -0.2) is 9.59 Å². The molecule has 0 aromatic rings. The van der Waals surface area contributed by atoms with Gasteiger partial charge in [-0.3, -0.25) is 0 Å². The van der Waals surface area contributed by atoms with Gasteiger partial charge in [0.1, 0.15) is 0 Å². The van der Waals surface area contributed by atoms with Crippen molar-refractivity contribution < 1.29 is 45.4 Å². The lowest BCUT2D eigenvalue weighted by molar-refractivity contribution is -0.258. The molecule has 31 heavy (non-hydrogen) atoms. The number of ether oxygens (including phenoxy) is 2. The largest absolute Gasteiger partial charge is 0.465 e. The molecule has 4 aliphatic rings. The van der Waals surface area contributed by atoms with E-state index in [1.54, 1.807) is 0 Å². The third-order valence-corrected chi connectivity index (χ3v) is 9.03. The second-order valence-electron chi connectivity index (χ2n) is 7.66. The Bertz CT molecular complexity index is 1070. The fourth-order valence-corrected chi connectivity index (χ4v) is 7.28. The number of rotatable bonds is 2. The van der Waals surface area contributed by atoms with Crippen molar-refractivity contribution in [2.24, 2.45) is 5.41 Å². The lowest BCUT2D eigenvalue weighted by Gasteiger charge is -2.46. The number of esters is 2. The van der Waals surface area contributed by atoms with Gasteiger partial charge in [0.15, 0.2) is 0 Å². The van der Waals surface area contributed by atoms with E-state index in [1.807, 2.05) is 0 Å². The average Bonchev–Trinajstić information content (AvgIpc) is 3.26. The van der Waals surface area contributed by atoms with E-state index in [-0.39, 0.29) is 9.81 Å². The quantitative estimate of drug-likeness (QED) is 0.413. The van der Waals surface area contributed by atoms with Crippen LogP contribution in [0.3, 0.4) is 0 Å². The first kappa shape index (κ1) is 22.4. The summed E-state index contributed by atoms with van der Waals surface area (Å²) in [5.41, 5.74) is -5.15. The zero-order valence-corrected chi connectivity index (χ0v) is 18.0. The molecule has 2 aliphatic carbocycles. The second kappa shape index (κ2) is 6.15. The molecule has 0 N–H and O–H groups in total. The zero-order chi connectivity index (χ0) is 23.4. The molecule has 2 atom stereocenters. The van der Waals surface area contributed by atoms with E-state index in [0.29, 0.717) is 11.8 Å². The van der Waals surface area contributed by atoms with Gasteiger partial charge in [-0.1, -0.05) is 17.8 Å². The second-order valence-corrected chi connectivity index (χ2v) is 10.2. The van der Waals surface area contributed by atoms with Crippen LogP contribution in [0.15, 0.2) is 43.6 Å². The number of carbonyl (C=O) groups is 2. The summed E-state index contributed by atoms with van der Waals surface area (Å²) in [6, 6.07) is 0. The van der Waals surface area contributed by atoms with E-state index < -0.39 is 61.5 Å². The third-order valence-electron chi connectivity index (χ3n) is 6.13. The molecule has 4 nitrogen and oxygen atoms in total. The Morgan fingerprint density at radius 1 is 0.871 bits per heavy atom.